The second-order valence-corrected chi connectivity index (χ2v) is 10.9. The number of hydrogen-bond acceptors (Lipinski definition) is 10. The zero-order chi connectivity index (χ0) is 29.5. The van der Waals surface area contributed by atoms with Gasteiger partial charge in [-0.1, -0.05) is 23.9 Å². The monoisotopic (exact) mass is 596 g/mol. The molecular weight excluding hydrogens is 572 g/mol. The number of esters is 2. The lowest BCUT2D eigenvalue weighted by molar-refractivity contribution is -0.569. The molecule has 0 N–H and O–H groups in total. The van der Waals surface area contributed by atoms with Gasteiger partial charge in [0, 0.05) is 34.7 Å². The molecule has 10 nitrogen and oxygen atoms in total. The van der Waals surface area contributed by atoms with Crippen LogP contribution < -0.4 is 24.7 Å². The van der Waals surface area contributed by atoms with Crippen LogP contribution in [0.2, 0.25) is 0 Å². The van der Waals surface area contributed by atoms with E-state index in [9.17, 15) is 19.8 Å². The van der Waals surface area contributed by atoms with Gasteiger partial charge in [-0.25, -0.2) is 8.78 Å². The molecule has 13 heteroatoms. The van der Waals surface area contributed by atoms with E-state index in [-0.39, 0.29) is 60.5 Å². The Morgan fingerprint density at radius 3 is 2.76 bits per heavy atom. The molecule has 1 fully saturated rings. The van der Waals surface area contributed by atoms with Crippen molar-refractivity contribution < 1.29 is 47.2 Å². The minimum atomic E-state index is -1.11. The first-order valence-corrected chi connectivity index (χ1v) is 14.1. The Labute approximate surface area is 242 Å². The Hall–Kier alpha value is -4.23. The van der Waals surface area contributed by atoms with Crippen molar-refractivity contribution in [2.45, 2.75) is 36.1 Å². The van der Waals surface area contributed by atoms with Gasteiger partial charge in [0.05, 0.1) is 38.7 Å². The fourth-order valence-corrected chi connectivity index (χ4v) is 6.38. The van der Waals surface area contributed by atoms with E-state index in [1.165, 1.54) is 28.1 Å². The van der Waals surface area contributed by atoms with Crippen LogP contribution in [0.5, 0.6) is 11.5 Å². The SMILES string of the molecule is COC(=O)CCC(=O)Oc1c([O-])cc(-c2cc(F)c(F)c3c2Cc2ccccc2SC3)[n+]2c1=C([O-])N1CCOC[C@H]1N=2. The van der Waals surface area contributed by atoms with Gasteiger partial charge in [-0.15, -0.1) is 11.8 Å². The van der Waals surface area contributed by atoms with Gasteiger partial charge in [-0.2, -0.15) is 0 Å². The van der Waals surface area contributed by atoms with E-state index in [4.69, 9.17) is 9.47 Å². The lowest BCUT2D eigenvalue weighted by Crippen LogP contribution is -2.59. The van der Waals surface area contributed by atoms with Crippen LogP contribution in [-0.2, 0) is 31.2 Å². The van der Waals surface area contributed by atoms with Crippen LogP contribution in [-0.4, -0.2) is 49.9 Å². The molecule has 1 atom stereocenters. The first kappa shape index (κ1) is 27.9. The third-order valence-electron chi connectivity index (χ3n) is 7.36. The fraction of sp³-hybridized carbons (Fsp3) is 0.310. The van der Waals surface area contributed by atoms with Crippen LogP contribution in [0.3, 0.4) is 0 Å². The van der Waals surface area contributed by atoms with E-state index in [2.05, 4.69) is 9.85 Å². The van der Waals surface area contributed by atoms with Gasteiger partial charge in [-0.05, 0) is 39.2 Å². The summed E-state index contributed by atoms with van der Waals surface area (Å²) >= 11 is 1.38. The number of nitrogens with zero attached hydrogens (tertiary/aromatic N) is 3. The molecule has 0 saturated carbocycles. The smallest absolute Gasteiger partial charge is 0.311 e. The van der Waals surface area contributed by atoms with Crippen LogP contribution in [0, 0.1) is 11.6 Å². The number of halogens is 2. The summed E-state index contributed by atoms with van der Waals surface area (Å²) < 4.78 is 46.9. The molecule has 218 valence electrons. The lowest BCUT2D eigenvalue weighted by Gasteiger charge is -2.37. The van der Waals surface area contributed by atoms with Gasteiger partial charge in [0.1, 0.15) is 0 Å². The highest BCUT2D eigenvalue weighted by Gasteiger charge is 2.35. The molecule has 42 heavy (non-hydrogen) atoms. The molecule has 0 unspecified atom stereocenters. The van der Waals surface area contributed by atoms with Crippen molar-refractivity contribution in [3.8, 4) is 22.8 Å². The first-order chi connectivity index (χ1) is 20.3. The molecule has 3 aliphatic rings. The maximum atomic E-state index is 15.2. The molecule has 1 aromatic heterocycles. The fourth-order valence-electron chi connectivity index (χ4n) is 5.27. The van der Waals surface area contributed by atoms with Crippen molar-refractivity contribution in [3.05, 3.63) is 70.1 Å². The standard InChI is InChI=1S/C29H24F2N3O7S/c1-39-24(36)6-7-25(37)41-28-21(35)12-20(34-27(28)29(38)33-8-9-40-13-23(33)32-34)17-11-19(30)26(31)18-14-42-22-5-3-2-4-15(22)10-16(17)18/h2-5,11-12,23H,6-10,13-14H2,1H3/q-1/t23-/m0/s1. The number of hydrogen-bond donors (Lipinski definition) is 0. The maximum Gasteiger partial charge on any atom is 0.311 e. The van der Waals surface area contributed by atoms with E-state index in [0.29, 0.717) is 5.56 Å². The molecule has 0 aliphatic carbocycles. The largest absolute Gasteiger partial charge is 0.870 e. The predicted molar refractivity (Wildman–Crippen MR) is 139 cm³/mol. The maximum absolute atomic E-state index is 15.2. The Morgan fingerprint density at radius 1 is 1.17 bits per heavy atom. The number of aromatic nitrogens is 1. The zero-order valence-electron chi connectivity index (χ0n) is 22.4. The Morgan fingerprint density at radius 2 is 1.95 bits per heavy atom. The molecule has 3 aliphatic heterocycles. The Kier molecular flexibility index (Phi) is 7.45. The summed E-state index contributed by atoms with van der Waals surface area (Å²) in [5.41, 5.74) is 1.72. The normalized spacial score (nSPS) is 17.2. The number of pyridine rings is 1. The third kappa shape index (κ3) is 4.92. The average Bonchev–Trinajstić information content (AvgIpc) is 3.19. The van der Waals surface area contributed by atoms with Crippen LogP contribution in [0.25, 0.3) is 17.1 Å². The molecule has 4 heterocycles. The average molecular weight is 597 g/mol. The molecular formula is C29H24F2N3O7S-. The molecule has 0 amide bonds. The van der Waals surface area contributed by atoms with Gasteiger partial charge in [-0.3, -0.25) is 9.59 Å². The zero-order valence-corrected chi connectivity index (χ0v) is 23.2. The number of carbonyl (C=O) groups is 2. The highest BCUT2D eigenvalue weighted by Crippen LogP contribution is 2.40. The summed E-state index contributed by atoms with van der Waals surface area (Å²) in [6.45, 7) is 0.490. The van der Waals surface area contributed by atoms with E-state index >= 15 is 8.78 Å². The molecule has 0 bridgehead atoms. The molecule has 2 aromatic carbocycles. The van der Waals surface area contributed by atoms with E-state index in [1.54, 1.807) is 0 Å². The number of thioether (sulfide) groups is 1. The number of carbonyl (C=O) groups excluding carboxylic acids is 2. The molecule has 6 rings (SSSR count). The van der Waals surface area contributed by atoms with Gasteiger partial charge < -0.3 is 29.3 Å². The summed E-state index contributed by atoms with van der Waals surface area (Å²) in [7, 11) is 1.17. The lowest BCUT2D eigenvalue weighted by atomic mass is 9.92. The van der Waals surface area contributed by atoms with Gasteiger partial charge in [0.2, 0.25) is 11.9 Å². The minimum Gasteiger partial charge on any atom is -0.870 e. The number of benzene rings is 2. The van der Waals surface area contributed by atoms with Crippen LogP contribution in [0.15, 0.2) is 46.4 Å². The van der Waals surface area contributed by atoms with Gasteiger partial charge >= 0.3 is 11.9 Å². The van der Waals surface area contributed by atoms with Crippen molar-refractivity contribution in [3.63, 3.8) is 0 Å². The van der Waals surface area contributed by atoms with E-state index in [1.807, 2.05) is 24.3 Å². The van der Waals surface area contributed by atoms with Gasteiger partial charge in [0.15, 0.2) is 17.4 Å². The topological polar surface area (TPSA) is 129 Å². The molecule has 0 spiro atoms. The number of rotatable bonds is 5. The minimum absolute atomic E-state index is 0.0439. The summed E-state index contributed by atoms with van der Waals surface area (Å²) in [5, 5.41) is 31.6. The van der Waals surface area contributed by atoms with Crippen molar-refractivity contribution in [2.75, 3.05) is 26.9 Å². The van der Waals surface area contributed by atoms with Crippen LogP contribution in [0.4, 0.5) is 8.78 Å². The summed E-state index contributed by atoms with van der Waals surface area (Å²) in [6, 6.07) is 9.61. The summed E-state index contributed by atoms with van der Waals surface area (Å²) in [5.74, 6) is -5.56. The highest BCUT2D eigenvalue weighted by atomic mass is 32.2. The predicted octanol–water partition coefficient (Wildman–Crippen LogP) is 1.18. The Balaban J connectivity index is 1.57. The molecule has 1 saturated heterocycles. The van der Waals surface area contributed by atoms with E-state index < -0.39 is 53.5 Å². The second-order valence-electron chi connectivity index (χ2n) is 9.85. The highest BCUT2D eigenvalue weighted by molar-refractivity contribution is 7.98. The van der Waals surface area contributed by atoms with Gasteiger partial charge in [0.25, 0.3) is 5.35 Å². The van der Waals surface area contributed by atoms with Crippen molar-refractivity contribution in [1.82, 2.24) is 4.90 Å². The third-order valence-corrected chi connectivity index (χ3v) is 8.50. The first-order valence-electron chi connectivity index (χ1n) is 13.1. The van der Waals surface area contributed by atoms with Crippen molar-refractivity contribution in [2.24, 2.45) is 5.11 Å². The second kappa shape index (κ2) is 11.2. The van der Waals surface area contributed by atoms with E-state index in [0.717, 1.165) is 22.6 Å². The number of morpholine rings is 1. The number of ether oxygens (including phenoxy) is 3. The quantitative estimate of drug-likeness (QED) is 0.315. The molecule has 0 radical (unpaired) electrons. The van der Waals surface area contributed by atoms with Crippen molar-refractivity contribution >= 4 is 29.6 Å². The van der Waals surface area contributed by atoms with Crippen LogP contribution >= 0.6 is 11.8 Å². The summed E-state index contributed by atoms with van der Waals surface area (Å²) in [4.78, 5) is 26.4. The summed E-state index contributed by atoms with van der Waals surface area (Å²) in [6.07, 6.45) is -1.21. The van der Waals surface area contributed by atoms with Crippen molar-refractivity contribution in [1.29, 1.82) is 0 Å². The number of fused-ring (bicyclic) bond motifs is 4. The van der Waals surface area contributed by atoms with Crippen LogP contribution in [0.1, 0.15) is 29.5 Å². The Bertz CT molecular complexity index is 1750. The number of methoxy groups -OCH3 is 1. The molecule has 3 aromatic rings.